The number of amides is 3. The molecule has 1 aromatic rings. The molecule has 1 aliphatic rings. The molecule has 0 aliphatic carbocycles. The lowest BCUT2D eigenvalue weighted by Gasteiger charge is -2.35. The van der Waals surface area contributed by atoms with Crippen LogP contribution in [0.25, 0.3) is 0 Å². The van der Waals surface area contributed by atoms with E-state index in [4.69, 9.17) is 9.47 Å². The second-order valence-electron chi connectivity index (χ2n) is 6.79. The molecule has 0 spiro atoms. The third kappa shape index (κ3) is 6.34. The van der Waals surface area contributed by atoms with E-state index in [1.165, 1.54) is 32.0 Å². The van der Waals surface area contributed by atoms with Crippen molar-refractivity contribution in [3.05, 3.63) is 23.8 Å². The van der Waals surface area contributed by atoms with Gasteiger partial charge in [0, 0.05) is 38.3 Å². The van der Waals surface area contributed by atoms with Gasteiger partial charge in [0.2, 0.25) is 11.8 Å². The zero-order valence-electron chi connectivity index (χ0n) is 16.4. The first kappa shape index (κ1) is 21.4. The monoisotopic (exact) mass is 391 g/mol. The first-order chi connectivity index (χ1) is 13.1. The summed E-state index contributed by atoms with van der Waals surface area (Å²) in [5.41, 5.74) is 0.757. The number of rotatable bonds is 5. The average molecular weight is 391 g/mol. The van der Waals surface area contributed by atoms with Crippen molar-refractivity contribution in [2.75, 3.05) is 30.3 Å². The Morgan fingerprint density at radius 2 is 1.50 bits per heavy atom. The maximum Gasteiger partial charge on any atom is 0.338 e. The number of carbonyl (C=O) groups is 4. The number of hydrogen-bond acceptors (Lipinski definition) is 6. The maximum absolute atomic E-state index is 12.4. The van der Waals surface area contributed by atoms with Gasteiger partial charge in [0.1, 0.15) is 0 Å². The van der Waals surface area contributed by atoms with E-state index in [9.17, 15) is 19.2 Å². The van der Waals surface area contributed by atoms with Gasteiger partial charge in [-0.2, -0.15) is 0 Å². The van der Waals surface area contributed by atoms with Gasteiger partial charge in [0.15, 0.2) is 6.61 Å². The predicted octanol–water partition coefficient (Wildman–Crippen LogP) is 1.40. The van der Waals surface area contributed by atoms with Gasteiger partial charge < -0.3 is 25.0 Å². The van der Waals surface area contributed by atoms with E-state index in [1.807, 2.05) is 13.8 Å². The second-order valence-corrected chi connectivity index (χ2v) is 6.79. The lowest BCUT2D eigenvalue weighted by Crippen LogP contribution is -2.49. The van der Waals surface area contributed by atoms with E-state index in [0.29, 0.717) is 24.5 Å². The standard InChI is InChI=1S/C19H25N3O6/c1-11-8-22(9-12(2)28-11)18(25)10-27-19(26)15-5-16(20-13(3)23)7-17(6-15)21-14(4)24/h5-7,11-12H,8-10H2,1-4H3,(H,20,23)(H,21,24)/t11-,12-/m1/s1. The topological polar surface area (TPSA) is 114 Å². The van der Waals surface area contributed by atoms with Gasteiger partial charge >= 0.3 is 5.97 Å². The molecule has 0 bridgehead atoms. The summed E-state index contributed by atoms with van der Waals surface area (Å²) in [6.07, 6.45) is -0.170. The molecule has 0 aromatic heterocycles. The van der Waals surface area contributed by atoms with Gasteiger partial charge in [0.25, 0.3) is 5.91 Å². The normalized spacial score (nSPS) is 18.9. The van der Waals surface area contributed by atoms with E-state index >= 15 is 0 Å². The van der Waals surface area contributed by atoms with Crippen molar-refractivity contribution >= 4 is 35.1 Å². The van der Waals surface area contributed by atoms with Crippen LogP contribution in [0, 0.1) is 0 Å². The molecule has 1 heterocycles. The van der Waals surface area contributed by atoms with Gasteiger partial charge in [-0.15, -0.1) is 0 Å². The Labute approximate surface area is 163 Å². The number of nitrogens with zero attached hydrogens (tertiary/aromatic N) is 1. The van der Waals surface area contributed by atoms with Crippen LogP contribution in [0.5, 0.6) is 0 Å². The lowest BCUT2D eigenvalue weighted by atomic mass is 10.1. The fourth-order valence-electron chi connectivity index (χ4n) is 2.98. The van der Waals surface area contributed by atoms with E-state index < -0.39 is 12.6 Å². The van der Waals surface area contributed by atoms with E-state index in [0.717, 1.165) is 0 Å². The Kier molecular flexibility index (Phi) is 7.11. The van der Waals surface area contributed by atoms with Crippen LogP contribution >= 0.6 is 0 Å². The summed E-state index contributed by atoms with van der Waals surface area (Å²) in [5, 5.41) is 5.11. The number of carbonyl (C=O) groups excluding carboxylic acids is 4. The molecular formula is C19H25N3O6. The molecule has 0 unspecified atom stereocenters. The third-order valence-electron chi connectivity index (χ3n) is 3.91. The SMILES string of the molecule is CC(=O)Nc1cc(NC(C)=O)cc(C(=O)OCC(=O)N2C[C@@H](C)O[C@H](C)C2)c1. The number of esters is 1. The molecular weight excluding hydrogens is 366 g/mol. The number of ether oxygens (including phenoxy) is 2. The van der Waals surface area contributed by atoms with Crippen molar-refractivity contribution in [1.29, 1.82) is 0 Å². The largest absolute Gasteiger partial charge is 0.452 e. The third-order valence-corrected chi connectivity index (χ3v) is 3.91. The fourth-order valence-corrected chi connectivity index (χ4v) is 2.98. The highest BCUT2D eigenvalue weighted by atomic mass is 16.5. The van der Waals surface area contributed by atoms with E-state index in [1.54, 1.807) is 4.90 Å². The van der Waals surface area contributed by atoms with Gasteiger partial charge in [-0.1, -0.05) is 0 Å². The highest BCUT2D eigenvalue weighted by molar-refractivity contribution is 5.98. The van der Waals surface area contributed by atoms with Crippen LogP contribution in [0.2, 0.25) is 0 Å². The average Bonchev–Trinajstić information content (AvgIpc) is 2.57. The molecule has 1 aliphatic heterocycles. The van der Waals surface area contributed by atoms with E-state index in [2.05, 4.69) is 10.6 Å². The zero-order chi connectivity index (χ0) is 20.8. The number of hydrogen-bond donors (Lipinski definition) is 2. The van der Waals surface area contributed by atoms with Crippen LogP contribution in [0.4, 0.5) is 11.4 Å². The first-order valence-corrected chi connectivity index (χ1v) is 8.94. The molecule has 9 nitrogen and oxygen atoms in total. The van der Waals surface area contributed by atoms with Crippen molar-refractivity contribution < 1.29 is 28.7 Å². The number of benzene rings is 1. The molecule has 2 atom stereocenters. The molecule has 9 heteroatoms. The van der Waals surface area contributed by atoms with Crippen LogP contribution in [0.15, 0.2) is 18.2 Å². The minimum Gasteiger partial charge on any atom is -0.452 e. The van der Waals surface area contributed by atoms with Crippen LogP contribution in [0.1, 0.15) is 38.1 Å². The van der Waals surface area contributed by atoms with Gasteiger partial charge in [-0.05, 0) is 32.0 Å². The summed E-state index contributed by atoms with van der Waals surface area (Å²) >= 11 is 0. The molecule has 152 valence electrons. The molecule has 1 saturated heterocycles. The molecule has 0 radical (unpaired) electrons. The minimum atomic E-state index is -0.735. The zero-order valence-corrected chi connectivity index (χ0v) is 16.4. The van der Waals surface area contributed by atoms with Crippen LogP contribution in [-0.4, -0.2) is 60.5 Å². The summed E-state index contributed by atoms with van der Waals surface area (Å²) in [6.45, 7) is 6.87. The summed E-state index contributed by atoms with van der Waals surface area (Å²) in [6, 6.07) is 4.35. The van der Waals surface area contributed by atoms with Crippen molar-refractivity contribution in [2.45, 2.75) is 39.9 Å². The second kappa shape index (κ2) is 9.32. The Balaban J connectivity index is 2.06. The first-order valence-electron chi connectivity index (χ1n) is 8.94. The molecule has 0 saturated carbocycles. The summed E-state index contributed by atoms with van der Waals surface area (Å²) in [4.78, 5) is 48.9. The van der Waals surface area contributed by atoms with Crippen molar-refractivity contribution in [1.82, 2.24) is 4.90 Å². The number of anilines is 2. The summed E-state index contributed by atoms with van der Waals surface area (Å²) in [7, 11) is 0. The van der Waals surface area contributed by atoms with E-state index in [-0.39, 0.29) is 35.5 Å². The lowest BCUT2D eigenvalue weighted by molar-refractivity contribution is -0.146. The molecule has 2 N–H and O–H groups in total. The van der Waals surface area contributed by atoms with Crippen molar-refractivity contribution in [3.8, 4) is 0 Å². The molecule has 28 heavy (non-hydrogen) atoms. The Bertz CT molecular complexity index is 735. The van der Waals surface area contributed by atoms with Gasteiger partial charge in [-0.25, -0.2) is 4.79 Å². The highest BCUT2D eigenvalue weighted by Crippen LogP contribution is 2.20. The smallest absolute Gasteiger partial charge is 0.338 e. The number of morpholine rings is 1. The summed E-state index contributed by atoms with van der Waals surface area (Å²) < 4.78 is 10.7. The Hall–Kier alpha value is -2.94. The molecule has 1 fully saturated rings. The predicted molar refractivity (Wildman–Crippen MR) is 102 cm³/mol. The van der Waals surface area contributed by atoms with Crippen molar-refractivity contribution in [2.24, 2.45) is 0 Å². The minimum absolute atomic E-state index is 0.0852. The molecule has 2 rings (SSSR count). The molecule has 1 aromatic carbocycles. The summed E-state index contributed by atoms with van der Waals surface area (Å²) in [5.74, 6) is -1.70. The van der Waals surface area contributed by atoms with Gasteiger partial charge in [-0.3, -0.25) is 14.4 Å². The van der Waals surface area contributed by atoms with Crippen LogP contribution in [-0.2, 0) is 23.9 Å². The van der Waals surface area contributed by atoms with Crippen LogP contribution < -0.4 is 10.6 Å². The van der Waals surface area contributed by atoms with Crippen molar-refractivity contribution in [3.63, 3.8) is 0 Å². The van der Waals surface area contributed by atoms with Crippen LogP contribution in [0.3, 0.4) is 0 Å². The Morgan fingerprint density at radius 3 is 1.96 bits per heavy atom. The fraction of sp³-hybridized carbons (Fsp3) is 0.474. The number of nitrogens with one attached hydrogen (secondary N) is 2. The molecule has 3 amide bonds. The quantitative estimate of drug-likeness (QED) is 0.734. The van der Waals surface area contributed by atoms with Gasteiger partial charge in [0.05, 0.1) is 17.8 Å². The Morgan fingerprint density at radius 1 is 1.00 bits per heavy atom. The highest BCUT2D eigenvalue weighted by Gasteiger charge is 2.26. The maximum atomic E-state index is 12.4.